The summed E-state index contributed by atoms with van der Waals surface area (Å²) in [7, 11) is 0. The summed E-state index contributed by atoms with van der Waals surface area (Å²) in [6.07, 6.45) is -8.13. The molecule has 34 heavy (non-hydrogen) atoms. The molecule has 0 aromatic heterocycles. The van der Waals surface area contributed by atoms with Crippen molar-refractivity contribution in [3.63, 3.8) is 0 Å². The van der Waals surface area contributed by atoms with Crippen molar-refractivity contribution < 1.29 is 27.8 Å². The van der Waals surface area contributed by atoms with Crippen LogP contribution in [0, 0.1) is 0 Å². The number of carbonyl (C=O) groups is 1. The Hall–Kier alpha value is -3.03. The number of aliphatic hydroxyl groups excluding tert-OH is 1. The van der Waals surface area contributed by atoms with E-state index in [1.165, 1.54) is 0 Å². The molecular weight excluding hydrogens is 467 g/mol. The Labute approximate surface area is 200 Å². The highest BCUT2D eigenvalue weighted by Gasteiger charge is 2.40. The first kappa shape index (κ1) is 24.1. The first-order valence-corrected chi connectivity index (χ1v) is 11.2. The molecule has 0 bridgehead atoms. The summed E-state index contributed by atoms with van der Waals surface area (Å²) in [6, 6.07) is 22.4. The number of aliphatic hydroxyl groups is 1. The summed E-state index contributed by atoms with van der Waals surface area (Å²) >= 11 is 5.88. The van der Waals surface area contributed by atoms with Gasteiger partial charge in [-0.05, 0) is 46.4 Å². The molecule has 4 rings (SSSR count). The van der Waals surface area contributed by atoms with E-state index in [1.54, 1.807) is 24.3 Å². The number of ether oxygens (including phenoxy) is 1. The molecule has 3 aromatic carbocycles. The Kier molecular flexibility index (Phi) is 7.14. The van der Waals surface area contributed by atoms with E-state index in [1.807, 2.05) is 48.5 Å². The number of amides is 1. The van der Waals surface area contributed by atoms with Crippen molar-refractivity contribution >= 4 is 17.7 Å². The SMILES string of the molecule is O=C(OCC1c2ccccc2-c2ccccc21)N(CCc1ccc(Cl)cc1)CC(O)C(F)(F)F. The van der Waals surface area contributed by atoms with E-state index in [-0.39, 0.29) is 25.5 Å². The van der Waals surface area contributed by atoms with Gasteiger partial charge in [0.25, 0.3) is 0 Å². The first-order valence-electron chi connectivity index (χ1n) is 10.8. The highest BCUT2D eigenvalue weighted by atomic mass is 35.5. The van der Waals surface area contributed by atoms with E-state index in [0.29, 0.717) is 5.02 Å². The lowest BCUT2D eigenvalue weighted by molar-refractivity contribution is -0.206. The predicted octanol–water partition coefficient (Wildman–Crippen LogP) is 6.06. The number of alkyl halides is 3. The molecule has 0 radical (unpaired) electrons. The molecule has 4 nitrogen and oxygen atoms in total. The zero-order valence-corrected chi connectivity index (χ0v) is 18.9. The van der Waals surface area contributed by atoms with Crippen LogP contribution in [0.4, 0.5) is 18.0 Å². The van der Waals surface area contributed by atoms with Gasteiger partial charge < -0.3 is 14.7 Å². The second kappa shape index (κ2) is 10.1. The molecule has 1 amide bonds. The minimum absolute atomic E-state index is 0.0214. The Morgan fingerprint density at radius 1 is 0.971 bits per heavy atom. The second-order valence-electron chi connectivity index (χ2n) is 8.18. The molecule has 8 heteroatoms. The number of carbonyl (C=O) groups excluding carboxylic acids is 1. The maximum absolute atomic E-state index is 13.0. The van der Waals surface area contributed by atoms with Crippen LogP contribution in [0.1, 0.15) is 22.6 Å². The zero-order valence-electron chi connectivity index (χ0n) is 18.1. The minimum Gasteiger partial charge on any atom is -0.448 e. The van der Waals surface area contributed by atoms with Crippen molar-refractivity contribution in [3.05, 3.63) is 94.5 Å². The zero-order chi connectivity index (χ0) is 24.3. The molecule has 1 unspecified atom stereocenters. The van der Waals surface area contributed by atoms with Gasteiger partial charge >= 0.3 is 12.3 Å². The van der Waals surface area contributed by atoms with E-state index in [4.69, 9.17) is 16.3 Å². The number of rotatable bonds is 7. The third-order valence-corrected chi connectivity index (χ3v) is 6.20. The third kappa shape index (κ3) is 5.37. The van der Waals surface area contributed by atoms with Crippen LogP contribution in [0.3, 0.4) is 0 Å². The molecule has 1 aliphatic rings. The number of benzene rings is 3. The highest BCUT2D eigenvalue weighted by Crippen LogP contribution is 2.44. The van der Waals surface area contributed by atoms with Gasteiger partial charge in [0.05, 0.1) is 6.54 Å². The van der Waals surface area contributed by atoms with E-state index < -0.39 is 24.9 Å². The standard InChI is InChI=1S/C26H23ClF3NO3/c27-18-11-9-17(10-12-18)13-14-31(15-24(32)26(28,29)30)25(33)34-16-23-21-7-3-1-5-19(21)20-6-2-4-8-22(20)23/h1-12,23-24,32H,13-16H2. The van der Waals surface area contributed by atoms with Crippen molar-refractivity contribution in [2.75, 3.05) is 19.7 Å². The Bertz CT molecular complexity index is 1110. The van der Waals surface area contributed by atoms with Crippen LogP contribution >= 0.6 is 11.6 Å². The van der Waals surface area contributed by atoms with Crippen molar-refractivity contribution in [1.29, 1.82) is 0 Å². The van der Waals surface area contributed by atoms with Crippen LogP contribution in [0.25, 0.3) is 11.1 Å². The van der Waals surface area contributed by atoms with E-state index >= 15 is 0 Å². The fourth-order valence-electron chi connectivity index (χ4n) is 4.17. The van der Waals surface area contributed by atoms with Gasteiger partial charge in [0, 0.05) is 17.5 Å². The monoisotopic (exact) mass is 489 g/mol. The molecular formula is C26H23ClF3NO3. The average Bonchev–Trinajstić information content (AvgIpc) is 3.14. The molecule has 0 saturated carbocycles. The van der Waals surface area contributed by atoms with Gasteiger partial charge in [-0.15, -0.1) is 0 Å². The van der Waals surface area contributed by atoms with Gasteiger partial charge in [0.1, 0.15) is 6.61 Å². The number of nitrogens with zero attached hydrogens (tertiary/aromatic N) is 1. The van der Waals surface area contributed by atoms with Gasteiger partial charge in [-0.25, -0.2) is 4.79 Å². The Morgan fingerprint density at radius 2 is 1.53 bits per heavy atom. The maximum atomic E-state index is 13.0. The smallest absolute Gasteiger partial charge is 0.416 e. The fourth-order valence-corrected chi connectivity index (χ4v) is 4.30. The first-order chi connectivity index (χ1) is 16.2. The van der Waals surface area contributed by atoms with E-state index in [2.05, 4.69) is 0 Å². The topological polar surface area (TPSA) is 49.8 Å². The molecule has 3 aromatic rings. The van der Waals surface area contributed by atoms with Crippen LogP contribution < -0.4 is 0 Å². The van der Waals surface area contributed by atoms with Gasteiger partial charge in [0.2, 0.25) is 0 Å². The third-order valence-electron chi connectivity index (χ3n) is 5.95. The van der Waals surface area contributed by atoms with Gasteiger partial charge in [-0.3, -0.25) is 0 Å². The normalized spacial score (nSPS) is 13.8. The summed E-state index contributed by atoms with van der Waals surface area (Å²) in [6.45, 7) is -0.981. The van der Waals surface area contributed by atoms with E-state index in [9.17, 15) is 23.1 Å². The van der Waals surface area contributed by atoms with Crippen LogP contribution in [-0.4, -0.2) is 48.1 Å². The molecule has 0 fully saturated rings. The molecule has 178 valence electrons. The maximum Gasteiger partial charge on any atom is 0.416 e. The summed E-state index contributed by atoms with van der Waals surface area (Å²) in [5.74, 6) is -0.220. The molecule has 0 saturated heterocycles. The molecule has 1 N–H and O–H groups in total. The van der Waals surface area contributed by atoms with Gasteiger partial charge in [0.15, 0.2) is 6.10 Å². The van der Waals surface area contributed by atoms with Crippen LogP contribution in [0.2, 0.25) is 5.02 Å². The van der Waals surface area contributed by atoms with Crippen molar-refractivity contribution in [3.8, 4) is 11.1 Å². The molecule has 1 aliphatic carbocycles. The lowest BCUT2D eigenvalue weighted by Gasteiger charge is -2.26. The fraction of sp³-hybridized carbons (Fsp3) is 0.269. The van der Waals surface area contributed by atoms with Crippen LogP contribution in [0.15, 0.2) is 72.8 Å². The summed E-state index contributed by atoms with van der Waals surface area (Å²) in [5.41, 5.74) is 4.89. The molecule has 0 spiro atoms. The van der Waals surface area contributed by atoms with Crippen molar-refractivity contribution in [2.45, 2.75) is 24.6 Å². The van der Waals surface area contributed by atoms with Crippen LogP contribution in [0.5, 0.6) is 0 Å². The number of fused-ring (bicyclic) bond motifs is 3. The quantitative estimate of drug-likeness (QED) is 0.439. The summed E-state index contributed by atoms with van der Waals surface area (Å²) in [5, 5.41) is 10.1. The lowest BCUT2D eigenvalue weighted by atomic mass is 9.98. The Morgan fingerprint density at radius 3 is 2.09 bits per heavy atom. The Balaban J connectivity index is 1.48. The molecule has 1 atom stereocenters. The van der Waals surface area contributed by atoms with Gasteiger partial charge in [-0.2, -0.15) is 13.2 Å². The highest BCUT2D eigenvalue weighted by molar-refractivity contribution is 6.30. The number of hydrogen-bond donors (Lipinski definition) is 1. The summed E-state index contributed by atoms with van der Waals surface area (Å²) in [4.78, 5) is 13.8. The molecule has 0 aliphatic heterocycles. The van der Waals surface area contributed by atoms with E-state index in [0.717, 1.165) is 32.7 Å². The van der Waals surface area contributed by atoms with Gasteiger partial charge in [-0.1, -0.05) is 72.3 Å². The second-order valence-corrected chi connectivity index (χ2v) is 8.62. The van der Waals surface area contributed by atoms with Crippen molar-refractivity contribution in [2.24, 2.45) is 0 Å². The lowest BCUT2D eigenvalue weighted by Crippen LogP contribution is -2.45. The number of hydrogen-bond acceptors (Lipinski definition) is 3. The summed E-state index contributed by atoms with van der Waals surface area (Å²) < 4.78 is 44.5. The average molecular weight is 490 g/mol. The van der Waals surface area contributed by atoms with Crippen LogP contribution in [-0.2, 0) is 11.2 Å². The minimum atomic E-state index is -4.85. The predicted molar refractivity (Wildman–Crippen MR) is 124 cm³/mol. The van der Waals surface area contributed by atoms with Crippen molar-refractivity contribution in [1.82, 2.24) is 4.90 Å². The number of halogens is 4. The molecule has 0 heterocycles. The largest absolute Gasteiger partial charge is 0.448 e.